The molecule has 0 saturated carbocycles. The van der Waals surface area contributed by atoms with Crippen molar-refractivity contribution in [2.45, 2.75) is 6.54 Å². The molecule has 88 valence electrons. The molecule has 3 heteroatoms. The molecule has 2 heterocycles. The summed E-state index contributed by atoms with van der Waals surface area (Å²) in [5, 5.41) is 5.46. The third kappa shape index (κ3) is 1.30. The second-order valence-electron chi connectivity index (χ2n) is 4.54. The van der Waals surface area contributed by atoms with Gasteiger partial charge in [-0.3, -0.25) is 0 Å². The summed E-state index contributed by atoms with van der Waals surface area (Å²) in [7, 11) is 0. The van der Waals surface area contributed by atoms with Crippen LogP contribution in [0.25, 0.3) is 16.6 Å². The number of nitrogens with zero attached hydrogens (tertiary/aromatic N) is 1. The van der Waals surface area contributed by atoms with E-state index < -0.39 is 0 Å². The summed E-state index contributed by atoms with van der Waals surface area (Å²) in [6, 6.07) is 16.7. The van der Waals surface area contributed by atoms with Gasteiger partial charge in [0.15, 0.2) is 0 Å². The number of rotatable bonds is 0. The van der Waals surface area contributed by atoms with Crippen molar-refractivity contribution < 1.29 is 0 Å². The molecule has 1 aliphatic rings. The molecule has 0 spiro atoms. The molecule has 0 saturated heterocycles. The molecule has 0 atom stereocenters. The molecule has 18 heavy (non-hydrogen) atoms. The van der Waals surface area contributed by atoms with Crippen LogP contribution in [0.15, 0.2) is 48.5 Å². The summed E-state index contributed by atoms with van der Waals surface area (Å²) in [5.41, 5.74) is 4.79. The second-order valence-corrected chi connectivity index (χ2v) is 4.98. The Hall–Kier alpha value is -1.93. The van der Waals surface area contributed by atoms with Gasteiger partial charge in [-0.25, -0.2) is 0 Å². The van der Waals surface area contributed by atoms with Gasteiger partial charge in [-0.15, -0.1) is 0 Å². The summed E-state index contributed by atoms with van der Waals surface area (Å²) < 4.78 is 2.30. The average molecular weight is 255 g/mol. The zero-order valence-corrected chi connectivity index (χ0v) is 10.4. The number of anilines is 1. The van der Waals surface area contributed by atoms with Crippen LogP contribution in [0.4, 0.5) is 5.69 Å². The largest absolute Gasteiger partial charge is 0.378 e. The molecule has 0 aliphatic carbocycles. The highest BCUT2D eigenvalue weighted by molar-refractivity contribution is 6.31. The van der Waals surface area contributed by atoms with E-state index in [1.54, 1.807) is 0 Å². The van der Waals surface area contributed by atoms with E-state index in [0.717, 1.165) is 17.3 Å². The van der Waals surface area contributed by atoms with E-state index in [4.69, 9.17) is 11.6 Å². The molecule has 0 bridgehead atoms. The fourth-order valence-electron chi connectivity index (χ4n) is 2.66. The number of fused-ring (bicyclic) bond motifs is 5. The number of halogens is 1. The van der Waals surface area contributed by atoms with E-state index >= 15 is 0 Å². The number of hydrogen-bond acceptors (Lipinski definition) is 1. The average Bonchev–Trinajstić information content (AvgIpc) is 2.77. The first-order valence-electron chi connectivity index (χ1n) is 5.96. The molecular formula is C15H11ClN2. The Bertz CT molecular complexity index is 758. The van der Waals surface area contributed by atoms with Gasteiger partial charge in [0.25, 0.3) is 0 Å². The first kappa shape index (κ1) is 10.0. The Morgan fingerprint density at radius 1 is 1.06 bits per heavy atom. The quantitative estimate of drug-likeness (QED) is 0.636. The number of para-hydroxylation sites is 1. The highest BCUT2D eigenvalue weighted by Gasteiger charge is 2.17. The fraction of sp³-hybridized carbons (Fsp3) is 0.0667. The Kier molecular flexibility index (Phi) is 1.97. The zero-order valence-electron chi connectivity index (χ0n) is 9.65. The van der Waals surface area contributed by atoms with Gasteiger partial charge in [-0.1, -0.05) is 29.8 Å². The van der Waals surface area contributed by atoms with Crippen molar-refractivity contribution >= 4 is 28.2 Å². The van der Waals surface area contributed by atoms with Gasteiger partial charge >= 0.3 is 0 Å². The Morgan fingerprint density at radius 2 is 1.94 bits per heavy atom. The predicted octanol–water partition coefficient (Wildman–Crippen LogP) is 4.21. The standard InChI is InChI=1S/C15H11ClN2/c16-11-5-6-15-13(8-11)17-9-12-7-10-3-1-2-4-14(10)18(12)15/h1-8,17H,9H2. The highest BCUT2D eigenvalue weighted by atomic mass is 35.5. The van der Waals surface area contributed by atoms with Gasteiger partial charge in [-0.05, 0) is 30.3 Å². The summed E-state index contributed by atoms with van der Waals surface area (Å²) >= 11 is 6.05. The normalized spacial score (nSPS) is 12.9. The second kappa shape index (κ2) is 3.53. The molecule has 1 N–H and O–H groups in total. The lowest BCUT2D eigenvalue weighted by atomic mass is 10.2. The van der Waals surface area contributed by atoms with Crippen molar-refractivity contribution in [1.29, 1.82) is 0 Å². The Morgan fingerprint density at radius 3 is 2.89 bits per heavy atom. The van der Waals surface area contributed by atoms with Crippen LogP contribution < -0.4 is 5.32 Å². The van der Waals surface area contributed by atoms with Crippen molar-refractivity contribution in [3.8, 4) is 5.69 Å². The number of hydrogen-bond donors (Lipinski definition) is 1. The van der Waals surface area contributed by atoms with Crippen molar-refractivity contribution in [1.82, 2.24) is 4.57 Å². The zero-order chi connectivity index (χ0) is 12.1. The fourth-order valence-corrected chi connectivity index (χ4v) is 2.83. The Balaban J connectivity index is 2.10. The van der Waals surface area contributed by atoms with Crippen LogP contribution in [-0.2, 0) is 6.54 Å². The van der Waals surface area contributed by atoms with Crippen LogP contribution in [0.2, 0.25) is 5.02 Å². The maximum absolute atomic E-state index is 6.05. The van der Waals surface area contributed by atoms with Crippen LogP contribution in [0.5, 0.6) is 0 Å². The van der Waals surface area contributed by atoms with Crippen LogP contribution in [0, 0.1) is 0 Å². The summed E-state index contributed by atoms with van der Waals surface area (Å²) in [6.07, 6.45) is 0. The lowest BCUT2D eigenvalue weighted by Crippen LogP contribution is -2.14. The first-order chi connectivity index (χ1) is 8.83. The summed E-state index contributed by atoms with van der Waals surface area (Å²) in [4.78, 5) is 0. The van der Waals surface area contributed by atoms with E-state index in [0.29, 0.717) is 0 Å². The van der Waals surface area contributed by atoms with Crippen LogP contribution >= 0.6 is 11.6 Å². The van der Waals surface area contributed by atoms with Crippen molar-refractivity contribution in [2.24, 2.45) is 0 Å². The summed E-state index contributed by atoms with van der Waals surface area (Å²) in [5.74, 6) is 0. The van der Waals surface area contributed by atoms with Crippen molar-refractivity contribution in [2.75, 3.05) is 5.32 Å². The molecule has 4 rings (SSSR count). The Labute approximate surface area is 110 Å². The molecule has 1 aromatic heterocycles. The lowest BCUT2D eigenvalue weighted by molar-refractivity contribution is 0.931. The molecule has 2 aromatic carbocycles. The van der Waals surface area contributed by atoms with E-state index in [9.17, 15) is 0 Å². The molecule has 1 aliphatic heterocycles. The van der Waals surface area contributed by atoms with Gasteiger partial charge in [-0.2, -0.15) is 0 Å². The van der Waals surface area contributed by atoms with Gasteiger partial charge in [0, 0.05) is 16.1 Å². The first-order valence-corrected chi connectivity index (χ1v) is 6.34. The predicted molar refractivity (Wildman–Crippen MR) is 75.6 cm³/mol. The van der Waals surface area contributed by atoms with Gasteiger partial charge in [0.05, 0.1) is 23.4 Å². The molecule has 0 amide bonds. The highest BCUT2D eigenvalue weighted by Crippen LogP contribution is 2.34. The third-order valence-corrected chi connectivity index (χ3v) is 3.68. The monoisotopic (exact) mass is 254 g/mol. The topological polar surface area (TPSA) is 17.0 Å². The van der Waals surface area contributed by atoms with Crippen LogP contribution in [0.1, 0.15) is 5.69 Å². The third-order valence-electron chi connectivity index (χ3n) is 3.45. The van der Waals surface area contributed by atoms with Crippen molar-refractivity contribution in [3.63, 3.8) is 0 Å². The maximum Gasteiger partial charge on any atom is 0.0692 e. The number of aromatic nitrogens is 1. The summed E-state index contributed by atoms with van der Waals surface area (Å²) in [6.45, 7) is 0.835. The van der Waals surface area contributed by atoms with Crippen molar-refractivity contribution in [3.05, 3.63) is 59.2 Å². The number of benzene rings is 2. The lowest BCUT2D eigenvalue weighted by Gasteiger charge is -2.22. The molecule has 0 fully saturated rings. The SMILES string of the molecule is Clc1ccc2c(c1)NCc1cc3ccccc3n1-2. The van der Waals surface area contributed by atoms with E-state index in [-0.39, 0.29) is 0 Å². The van der Waals surface area contributed by atoms with E-state index in [2.05, 4.69) is 46.3 Å². The molecule has 0 unspecified atom stereocenters. The minimum absolute atomic E-state index is 0.765. The van der Waals surface area contributed by atoms with E-state index in [1.807, 2.05) is 12.1 Å². The smallest absolute Gasteiger partial charge is 0.0692 e. The maximum atomic E-state index is 6.05. The van der Waals surface area contributed by atoms with Gasteiger partial charge in [0.1, 0.15) is 0 Å². The minimum atomic E-state index is 0.765. The molecule has 3 aromatic rings. The molecular weight excluding hydrogens is 244 g/mol. The molecule has 2 nitrogen and oxygen atoms in total. The van der Waals surface area contributed by atoms with Gasteiger partial charge < -0.3 is 9.88 Å². The van der Waals surface area contributed by atoms with Crippen LogP contribution in [0.3, 0.4) is 0 Å². The van der Waals surface area contributed by atoms with Crippen LogP contribution in [-0.4, -0.2) is 4.57 Å². The van der Waals surface area contributed by atoms with Gasteiger partial charge in [0.2, 0.25) is 0 Å². The van der Waals surface area contributed by atoms with E-state index in [1.165, 1.54) is 22.3 Å². The minimum Gasteiger partial charge on any atom is -0.378 e. The molecule has 0 radical (unpaired) electrons. The number of nitrogens with one attached hydrogen (secondary N) is 1.